The van der Waals surface area contributed by atoms with Gasteiger partial charge in [0.2, 0.25) is 0 Å². The quantitative estimate of drug-likeness (QED) is 0.634. The first-order valence-corrected chi connectivity index (χ1v) is 5.93. The number of hydrogen-bond donors (Lipinski definition) is 3. The zero-order chi connectivity index (χ0) is 13.4. The average molecular weight is 253 g/mol. The largest absolute Gasteiger partial charge is 0.395 e. The molecule has 1 rings (SSSR count). The van der Waals surface area contributed by atoms with Gasteiger partial charge < -0.3 is 20.4 Å². The molecule has 1 heterocycles. The van der Waals surface area contributed by atoms with E-state index in [9.17, 15) is 4.79 Å². The molecule has 0 spiro atoms. The first kappa shape index (κ1) is 14.4. The maximum atomic E-state index is 12.2. The van der Waals surface area contributed by atoms with Gasteiger partial charge in [-0.2, -0.15) is 0 Å². The third-order valence-corrected chi connectivity index (χ3v) is 2.45. The van der Waals surface area contributed by atoms with Crippen LogP contribution < -0.4 is 5.32 Å². The van der Waals surface area contributed by atoms with Crippen molar-refractivity contribution in [2.24, 2.45) is 0 Å². The fraction of sp³-hybridized carbons (Fsp3) is 0.500. The maximum absolute atomic E-state index is 12.2. The summed E-state index contributed by atoms with van der Waals surface area (Å²) >= 11 is 0. The lowest BCUT2D eigenvalue weighted by Crippen LogP contribution is -2.36. The van der Waals surface area contributed by atoms with Crippen molar-refractivity contribution in [1.29, 1.82) is 0 Å². The van der Waals surface area contributed by atoms with Gasteiger partial charge in [0, 0.05) is 32.0 Å². The highest BCUT2D eigenvalue weighted by atomic mass is 16.3. The fourth-order valence-electron chi connectivity index (χ4n) is 1.64. The highest BCUT2D eigenvalue weighted by Gasteiger charge is 2.18. The molecule has 18 heavy (non-hydrogen) atoms. The lowest BCUT2D eigenvalue weighted by atomic mass is 10.2. The molecule has 0 fully saturated rings. The second-order valence-corrected chi connectivity index (χ2v) is 3.69. The molecule has 6 heteroatoms. The Bertz CT molecular complexity index is 379. The van der Waals surface area contributed by atoms with Crippen LogP contribution >= 0.6 is 0 Å². The number of aromatic nitrogens is 1. The molecule has 0 aliphatic carbocycles. The van der Waals surface area contributed by atoms with E-state index >= 15 is 0 Å². The van der Waals surface area contributed by atoms with Crippen LogP contribution in [0.3, 0.4) is 0 Å². The fourth-order valence-corrected chi connectivity index (χ4v) is 1.64. The third-order valence-electron chi connectivity index (χ3n) is 2.45. The Hall–Kier alpha value is -1.66. The SMILES string of the molecule is CCNc1ccncc1C(=O)N(CCO)CCO. The van der Waals surface area contributed by atoms with Crippen molar-refractivity contribution < 1.29 is 15.0 Å². The van der Waals surface area contributed by atoms with Crippen LogP contribution in [0, 0.1) is 0 Å². The summed E-state index contributed by atoms with van der Waals surface area (Å²) in [7, 11) is 0. The number of carbonyl (C=O) groups is 1. The molecule has 3 N–H and O–H groups in total. The number of pyridine rings is 1. The van der Waals surface area contributed by atoms with Gasteiger partial charge in [0.05, 0.1) is 24.5 Å². The van der Waals surface area contributed by atoms with Crippen molar-refractivity contribution in [3.63, 3.8) is 0 Å². The van der Waals surface area contributed by atoms with E-state index in [2.05, 4.69) is 10.3 Å². The highest BCUT2D eigenvalue weighted by molar-refractivity contribution is 5.99. The second-order valence-electron chi connectivity index (χ2n) is 3.69. The van der Waals surface area contributed by atoms with Crippen molar-refractivity contribution >= 4 is 11.6 Å². The van der Waals surface area contributed by atoms with Crippen LogP contribution in [0.15, 0.2) is 18.5 Å². The van der Waals surface area contributed by atoms with Crippen molar-refractivity contribution in [3.05, 3.63) is 24.0 Å². The smallest absolute Gasteiger partial charge is 0.257 e. The molecule has 1 aromatic heterocycles. The number of nitrogens with zero attached hydrogens (tertiary/aromatic N) is 2. The second kappa shape index (κ2) is 7.62. The van der Waals surface area contributed by atoms with Gasteiger partial charge in [-0.05, 0) is 13.0 Å². The lowest BCUT2D eigenvalue weighted by Gasteiger charge is -2.21. The number of nitrogens with one attached hydrogen (secondary N) is 1. The van der Waals surface area contributed by atoms with E-state index in [-0.39, 0.29) is 32.2 Å². The molecule has 0 atom stereocenters. The number of amides is 1. The molecule has 1 aromatic rings. The predicted octanol–water partition coefficient (Wildman–Crippen LogP) is -0.0598. The van der Waals surface area contributed by atoms with Crippen molar-refractivity contribution in [2.75, 3.05) is 38.2 Å². The molecular weight excluding hydrogens is 234 g/mol. The van der Waals surface area contributed by atoms with E-state index in [0.29, 0.717) is 17.8 Å². The minimum atomic E-state index is -0.248. The zero-order valence-corrected chi connectivity index (χ0v) is 10.5. The van der Waals surface area contributed by atoms with Gasteiger partial charge in [0.25, 0.3) is 5.91 Å². The van der Waals surface area contributed by atoms with Crippen LogP contribution in [0.25, 0.3) is 0 Å². The van der Waals surface area contributed by atoms with Gasteiger partial charge in [-0.15, -0.1) is 0 Å². The van der Waals surface area contributed by atoms with Crippen molar-refractivity contribution in [3.8, 4) is 0 Å². The Morgan fingerprint density at radius 1 is 1.39 bits per heavy atom. The summed E-state index contributed by atoms with van der Waals surface area (Å²) < 4.78 is 0. The molecule has 0 radical (unpaired) electrons. The molecule has 6 nitrogen and oxygen atoms in total. The van der Waals surface area contributed by atoms with E-state index in [0.717, 1.165) is 0 Å². The van der Waals surface area contributed by atoms with Crippen LogP contribution in [0.4, 0.5) is 5.69 Å². The standard InChI is InChI=1S/C12H19N3O3/c1-2-14-11-3-4-13-9-10(11)12(18)15(5-7-16)6-8-17/h3-4,9,16-17H,2,5-8H2,1H3,(H,13,14). The van der Waals surface area contributed by atoms with Crippen LogP contribution in [0.2, 0.25) is 0 Å². The highest BCUT2D eigenvalue weighted by Crippen LogP contribution is 2.15. The summed E-state index contributed by atoms with van der Waals surface area (Å²) in [6, 6.07) is 1.73. The van der Waals surface area contributed by atoms with Gasteiger partial charge in [-0.25, -0.2) is 0 Å². The minimum absolute atomic E-state index is 0.136. The third kappa shape index (κ3) is 3.68. The average Bonchev–Trinajstić information content (AvgIpc) is 2.39. The predicted molar refractivity (Wildman–Crippen MR) is 68.5 cm³/mol. The summed E-state index contributed by atoms with van der Waals surface area (Å²) in [5.41, 5.74) is 1.15. The molecule has 1 amide bonds. The maximum Gasteiger partial charge on any atom is 0.257 e. The first-order valence-electron chi connectivity index (χ1n) is 5.93. The summed E-state index contributed by atoms with van der Waals surface area (Å²) in [4.78, 5) is 17.6. The van der Waals surface area contributed by atoms with E-state index in [4.69, 9.17) is 10.2 Å². The number of carbonyl (C=O) groups excluding carboxylic acids is 1. The van der Waals surface area contributed by atoms with Crippen molar-refractivity contribution in [2.45, 2.75) is 6.92 Å². The summed E-state index contributed by atoms with van der Waals surface area (Å²) in [5, 5.41) is 20.9. The normalized spacial score (nSPS) is 10.2. The van der Waals surface area contributed by atoms with Crippen LogP contribution in [-0.4, -0.2) is 58.9 Å². The molecule has 0 aliphatic rings. The van der Waals surface area contributed by atoms with Crippen LogP contribution in [-0.2, 0) is 0 Å². The number of aliphatic hydroxyl groups is 2. The Morgan fingerprint density at radius 2 is 2.06 bits per heavy atom. The topological polar surface area (TPSA) is 85.7 Å². The van der Waals surface area contributed by atoms with Gasteiger partial charge in [-0.3, -0.25) is 9.78 Å². The molecule has 0 bridgehead atoms. The van der Waals surface area contributed by atoms with E-state index in [1.54, 1.807) is 12.3 Å². The lowest BCUT2D eigenvalue weighted by molar-refractivity contribution is 0.0685. The minimum Gasteiger partial charge on any atom is -0.395 e. The molecular formula is C12H19N3O3. The van der Waals surface area contributed by atoms with Gasteiger partial charge >= 0.3 is 0 Å². The van der Waals surface area contributed by atoms with Gasteiger partial charge in [0.15, 0.2) is 0 Å². The van der Waals surface area contributed by atoms with E-state index < -0.39 is 0 Å². The van der Waals surface area contributed by atoms with E-state index in [1.807, 2.05) is 6.92 Å². The van der Waals surface area contributed by atoms with Gasteiger partial charge in [0.1, 0.15) is 0 Å². The Morgan fingerprint density at radius 3 is 2.61 bits per heavy atom. The number of rotatable bonds is 7. The summed E-state index contributed by atoms with van der Waals surface area (Å²) in [5.74, 6) is -0.248. The monoisotopic (exact) mass is 253 g/mol. The Balaban J connectivity index is 2.92. The van der Waals surface area contributed by atoms with Gasteiger partial charge in [-0.1, -0.05) is 0 Å². The Kier molecular flexibility index (Phi) is 6.10. The first-order chi connectivity index (χ1) is 8.74. The molecule has 0 aromatic carbocycles. The summed E-state index contributed by atoms with van der Waals surface area (Å²) in [6.45, 7) is 2.75. The van der Waals surface area contributed by atoms with Crippen LogP contribution in [0.1, 0.15) is 17.3 Å². The number of hydrogen-bond acceptors (Lipinski definition) is 5. The zero-order valence-electron chi connectivity index (χ0n) is 10.5. The van der Waals surface area contributed by atoms with Crippen molar-refractivity contribution in [1.82, 2.24) is 9.88 Å². The van der Waals surface area contributed by atoms with E-state index in [1.165, 1.54) is 11.1 Å². The molecule has 0 aliphatic heterocycles. The molecule has 0 unspecified atom stereocenters. The summed E-state index contributed by atoms with van der Waals surface area (Å²) in [6.07, 6.45) is 3.10. The molecule has 0 saturated heterocycles. The molecule has 0 saturated carbocycles. The van der Waals surface area contributed by atoms with Crippen LogP contribution in [0.5, 0.6) is 0 Å². The number of anilines is 1. The Labute approximate surface area is 106 Å². The number of aliphatic hydroxyl groups excluding tert-OH is 2. The molecule has 100 valence electrons.